The number of halogens is 1. The molecule has 0 bridgehead atoms. The van der Waals surface area contributed by atoms with Crippen LogP contribution in [0.25, 0.3) is 0 Å². The van der Waals surface area contributed by atoms with Gasteiger partial charge < -0.3 is 10.4 Å². The van der Waals surface area contributed by atoms with Crippen LogP contribution in [-0.4, -0.2) is 29.5 Å². The lowest BCUT2D eigenvalue weighted by Gasteiger charge is -2.10. The Hall–Kier alpha value is -0.220. The molecule has 1 fully saturated rings. The number of hydrogen-bond acceptors (Lipinski definition) is 3. The van der Waals surface area contributed by atoms with Crippen molar-refractivity contribution in [3.05, 3.63) is 29.3 Å². The zero-order chi connectivity index (χ0) is 11.4. The first-order valence-electron chi connectivity index (χ1n) is 5.54. The number of rotatable bonds is 6. The fraction of sp³-hybridized carbons (Fsp3) is 0.500. The molecular weight excluding hydrogens is 242 g/mol. The van der Waals surface area contributed by atoms with Gasteiger partial charge in [-0.1, -0.05) is 17.7 Å². The van der Waals surface area contributed by atoms with Crippen LogP contribution in [0.1, 0.15) is 12.8 Å². The van der Waals surface area contributed by atoms with Gasteiger partial charge in [0.1, 0.15) is 0 Å². The van der Waals surface area contributed by atoms with Crippen LogP contribution >= 0.6 is 23.4 Å². The minimum Gasteiger partial charge on any atom is -0.391 e. The summed E-state index contributed by atoms with van der Waals surface area (Å²) in [7, 11) is 0. The molecule has 0 amide bonds. The third-order valence-electron chi connectivity index (χ3n) is 2.46. The molecule has 0 heterocycles. The molecule has 2 rings (SSSR count). The summed E-state index contributed by atoms with van der Waals surface area (Å²) >= 11 is 7.52. The zero-order valence-corrected chi connectivity index (χ0v) is 10.6. The van der Waals surface area contributed by atoms with E-state index in [1.165, 1.54) is 12.8 Å². The van der Waals surface area contributed by atoms with Gasteiger partial charge in [-0.2, -0.15) is 0 Å². The van der Waals surface area contributed by atoms with Crippen LogP contribution in [0.5, 0.6) is 0 Å². The van der Waals surface area contributed by atoms with Gasteiger partial charge in [-0.3, -0.25) is 0 Å². The molecule has 0 saturated heterocycles. The average molecular weight is 258 g/mol. The van der Waals surface area contributed by atoms with Crippen LogP contribution in [0, 0.1) is 0 Å². The van der Waals surface area contributed by atoms with Crippen LogP contribution in [0.4, 0.5) is 0 Å². The molecule has 88 valence electrons. The zero-order valence-electron chi connectivity index (χ0n) is 9.03. The van der Waals surface area contributed by atoms with Crippen molar-refractivity contribution < 1.29 is 5.11 Å². The lowest BCUT2D eigenvalue weighted by Crippen LogP contribution is -2.29. The number of thioether (sulfide) groups is 1. The number of aliphatic hydroxyl groups is 1. The van der Waals surface area contributed by atoms with Crippen molar-refractivity contribution in [3.8, 4) is 0 Å². The van der Waals surface area contributed by atoms with Gasteiger partial charge in [-0.15, -0.1) is 11.8 Å². The summed E-state index contributed by atoms with van der Waals surface area (Å²) in [4.78, 5) is 1.11. The largest absolute Gasteiger partial charge is 0.391 e. The van der Waals surface area contributed by atoms with E-state index in [1.54, 1.807) is 11.8 Å². The van der Waals surface area contributed by atoms with E-state index in [1.807, 2.05) is 24.3 Å². The van der Waals surface area contributed by atoms with Crippen LogP contribution in [0.3, 0.4) is 0 Å². The molecular formula is C12H16ClNOS. The molecule has 0 aromatic heterocycles. The Balaban J connectivity index is 1.69. The topological polar surface area (TPSA) is 32.3 Å². The van der Waals surface area contributed by atoms with Crippen molar-refractivity contribution in [2.75, 3.05) is 12.3 Å². The molecule has 2 nitrogen and oxygen atoms in total. The van der Waals surface area contributed by atoms with Crippen LogP contribution in [0.15, 0.2) is 29.2 Å². The molecule has 1 saturated carbocycles. The fourth-order valence-corrected chi connectivity index (χ4v) is 2.54. The monoisotopic (exact) mass is 257 g/mol. The SMILES string of the molecule is OC(CNC1CC1)CSc1cccc(Cl)c1. The molecule has 1 aliphatic carbocycles. The van der Waals surface area contributed by atoms with E-state index >= 15 is 0 Å². The van der Waals surface area contributed by atoms with E-state index in [0.29, 0.717) is 18.3 Å². The lowest BCUT2D eigenvalue weighted by molar-refractivity contribution is 0.195. The first-order chi connectivity index (χ1) is 7.74. The summed E-state index contributed by atoms with van der Waals surface area (Å²) in [6, 6.07) is 8.38. The van der Waals surface area contributed by atoms with Gasteiger partial charge in [0.05, 0.1) is 6.10 Å². The predicted octanol–water partition coefficient (Wildman–Crippen LogP) is 2.55. The van der Waals surface area contributed by atoms with Crippen molar-refractivity contribution in [1.82, 2.24) is 5.32 Å². The van der Waals surface area contributed by atoms with Crippen molar-refractivity contribution >= 4 is 23.4 Å². The molecule has 0 aliphatic heterocycles. The standard InChI is InChI=1S/C12H16ClNOS/c13-9-2-1-3-12(6-9)16-8-11(15)7-14-10-4-5-10/h1-3,6,10-11,14-15H,4-5,7-8H2. The smallest absolute Gasteiger partial charge is 0.0758 e. The van der Waals surface area contributed by atoms with E-state index in [4.69, 9.17) is 11.6 Å². The summed E-state index contributed by atoms with van der Waals surface area (Å²) < 4.78 is 0. The molecule has 1 unspecified atom stereocenters. The Kier molecular flexibility index (Phi) is 4.53. The highest BCUT2D eigenvalue weighted by Gasteiger charge is 2.21. The van der Waals surface area contributed by atoms with Gasteiger partial charge in [0.2, 0.25) is 0 Å². The van der Waals surface area contributed by atoms with Crippen molar-refractivity contribution in [1.29, 1.82) is 0 Å². The molecule has 1 aromatic rings. The summed E-state index contributed by atoms with van der Waals surface area (Å²) in [5.41, 5.74) is 0. The number of nitrogens with one attached hydrogen (secondary N) is 1. The van der Waals surface area contributed by atoms with Gasteiger partial charge in [-0.25, -0.2) is 0 Å². The molecule has 16 heavy (non-hydrogen) atoms. The summed E-state index contributed by atoms with van der Waals surface area (Å²) in [6.45, 7) is 0.693. The Labute approximate surface area is 105 Å². The third-order valence-corrected chi connectivity index (χ3v) is 3.83. The predicted molar refractivity (Wildman–Crippen MR) is 69.2 cm³/mol. The summed E-state index contributed by atoms with van der Waals surface area (Å²) in [6.07, 6.45) is 2.23. The van der Waals surface area contributed by atoms with E-state index in [2.05, 4.69) is 5.32 Å². The Morgan fingerprint density at radius 3 is 3.00 bits per heavy atom. The maximum atomic E-state index is 9.74. The second-order valence-corrected chi connectivity index (χ2v) is 5.63. The maximum Gasteiger partial charge on any atom is 0.0758 e. The molecule has 1 aliphatic rings. The Bertz CT molecular complexity index is 344. The molecule has 1 atom stereocenters. The van der Waals surface area contributed by atoms with Crippen LogP contribution in [0.2, 0.25) is 5.02 Å². The number of aliphatic hydroxyl groups excluding tert-OH is 1. The summed E-state index contributed by atoms with van der Waals surface area (Å²) in [5.74, 6) is 0.708. The van der Waals surface area contributed by atoms with E-state index in [0.717, 1.165) is 9.92 Å². The average Bonchev–Trinajstić information content (AvgIpc) is 3.07. The highest BCUT2D eigenvalue weighted by Crippen LogP contribution is 2.22. The molecule has 2 N–H and O–H groups in total. The van der Waals surface area contributed by atoms with Gasteiger partial charge >= 0.3 is 0 Å². The van der Waals surface area contributed by atoms with Crippen molar-refractivity contribution in [2.45, 2.75) is 29.9 Å². The molecule has 1 aromatic carbocycles. The normalized spacial score (nSPS) is 17.4. The van der Waals surface area contributed by atoms with Crippen molar-refractivity contribution in [2.24, 2.45) is 0 Å². The number of hydrogen-bond donors (Lipinski definition) is 2. The van der Waals surface area contributed by atoms with E-state index in [-0.39, 0.29) is 6.10 Å². The lowest BCUT2D eigenvalue weighted by atomic mass is 10.4. The minimum atomic E-state index is -0.287. The summed E-state index contributed by atoms with van der Waals surface area (Å²) in [5, 5.41) is 13.8. The van der Waals surface area contributed by atoms with Gasteiger partial charge in [0.15, 0.2) is 0 Å². The Morgan fingerprint density at radius 1 is 1.50 bits per heavy atom. The van der Waals surface area contributed by atoms with Gasteiger partial charge in [0, 0.05) is 28.3 Å². The van der Waals surface area contributed by atoms with Crippen LogP contribution in [-0.2, 0) is 0 Å². The minimum absolute atomic E-state index is 0.287. The Morgan fingerprint density at radius 2 is 2.31 bits per heavy atom. The first-order valence-corrected chi connectivity index (χ1v) is 6.90. The highest BCUT2D eigenvalue weighted by molar-refractivity contribution is 7.99. The fourth-order valence-electron chi connectivity index (χ4n) is 1.40. The van der Waals surface area contributed by atoms with Gasteiger partial charge in [0.25, 0.3) is 0 Å². The van der Waals surface area contributed by atoms with E-state index in [9.17, 15) is 5.11 Å². The molecule has 0 spiro atoms. The molecule has 4 heteroatoms. The second kappa shape index (κ2) is 5.92. The maximum absolute atomic E-state index is 9.74. The third kappa shape index (κ3) is 4.34. The first kappa shape index (κ1) is 12.2. The number of benzene rings is 1. The van der Waals surface area contributed by atoms with Gasteiger partial charge in [-0.05, 0) is 31.0 Å². The molecule has 0 radical (unpaired) electrons. The second-order valence-electron chi connectivity index (χ2n) is 4.10. The van der Waals surface area contributed by atoms with Crippen LogP contribution < -0.4 is 5.32 Å². The quantitative estimate of drug-likeness (QED) is 0.769. The van der Waals surface area contributed by atoms with Crippen molar-refractivity contribution in [3.63, 3.8) is 0 Å². The van der Waals surface area contributed by atoms with E-state index < -0.39 is 0 Å². The highest BCUT2D eigenvalue weighted by atomic mass is 35.5.